The van der Waals surface area contributed by atoms with Gasteiger partial charge >= 0.3 is 6.03 Å². The first-order chi connectivity index (χ1) is 9.74. The number of para-hydroxylation sites is 2. The maximum absolute atomic E-state index is 13.4. The number of carbonyl (C=O) groups excluding carboxylic acids is 1. The number of benzene rings is 2. The molecule has 2 amide bonds. The molecule has 1 aromatic heterocycles. The van der Waals surface area contributed by atoms with Gasteiger partial charge in [-0.25, -0.2) is 9.18 Å². The van der Waals surface area contributed by atoms with E-state index in [1.54, 1.807) is 18.3 Å². The minimum Gasteiger partial charge on any atom is -0.359 e. The highest BCUT2D eigenvalue weighted by Crippen LogP contribution is 2.22. The molecule has 0 saturated carbocycles. The van der Waals surface area contributed by atoms with Gasteiger partial charge in [-0.05, 0) is 18.2 Å². The summed E-state index contributed by atoms with van der Waals surface area (Å²) >= 11 is 0. The normalized spacial score (nSPS) is 10.4. The molecule has 0 spiro atoms. The van der Waals surface area contributed by atoms with E-state index in [0.717, 1.165) is 10.9 Å². The van der Waals surface area contributed by atoms with Crippen LogP contribution >= 0.6 is 0 Å². The van der Waals surface area contributed by atoms with Gasteiger partial charge in [0, 0.05) is 17.1 Å². The minimum absolute atomic E-state index is 0.143. The van der Waals surface area contributed by atoms with Crippen LogP contribution < -0.4 is 10.6 Å². The van der Waals surface area contributed by atoms with Crippen LogP contribution in [0.15, 0.2) is 54.7 Å². The quantitative estimate of drug-likeness (QED) is 0.648. The van der Waals surface area contributed by atoms with Crippen molar-refractivity contribution in [3.05, 3.63) is 60.5 Å². The van der Waals surface area contributed by atoms with E-state index in [0.29, 0.717) is 5.69 Å². The largest absolute Gasteiger partial charge is 0.359 e. The van der Waals surface area contributed by atoms with Gasteiger partial charge in [-0.3, -0.25) is 0 Å². The lowest BCUT2D eigenvalue weighted by Gasteiger charge is -2.07. The first-order valence-corrected chi connectivity index (χ1v) is 6.13. The number of anilines is 2. The fourth-order valence-electron chi connectivity index (χ4n) is 2.01. The zero-order valence-electron chi connectivity index (χ0n) is 10.5. The molecular formula is C15H12FN3O. The Morgan fingerprint density at radius 2 is 1.65 bits per heavy atom. The number of aromatic amines is 1. The van der Waals surface area contributed by atoms with Gasteiger partial charge in [-0.2, -0.15) is 0 Å². The number of nitrogens with one attached hydrogen (secondary N) is 3. The van der Waals surface area contributed by atoms with Crippen LogP contribution in [-0.2, 0) is 0 Å². The molecular weight excluding hydrogens is 257 g/mol. The topological polar surface area (TPSA) is 56.9 Å². The van der Waals surface area contributed by atoms with Gasteiger partial charge in [0.1, 0.15) is 5.82 Å². The molecule has 0 bridgehead atoms. The van der Waals surface area contributed by atoms with Crippen molar-refractivity contribution in [3.63, 3.8) is 0 Å². The van der Waals surface area contributed by atoms with Crippen LogP contribution in [0.5, 0.6) is 0 Å². The zero-order chi connectivity index (χ0) is 13.9. The summed E-state index contributed by atoms with van der Waals surface area (Å²) in [4.78, 5) is 14.9. The summed E-state index contributed by atoms with van der Waals surface area (Å²) in [6.45, 7) is 0. The molecule has 0 aliphatic rings. The molecule has 1 heterocycles. The Labute approximate surface area is 114 Å². The van der Waals surface area contributed by atoms with Crippen molar-refractivity contribution in [3.8, 4) is 0 Å². The fourth-order valence-corrected chi connectivity index (χ4v) is 2.01. The van der Waals surface area contributed by atoms with Gasteiger partial charge in [0.25, 0.3) is 0 Å². The van der Waals surface area contributed by atoms with Gasteiger partial charge in [-0.15, -0.1) is 0 Å². The summed E-state index contributed by atoms with van der Waals surface area (Å²) in [6.07, 6.45) is 1.70. The molecule has 0 aliphatic heterocycles. The third-order valence-electron chi connectivity index (χ3n) is 2.96. The molecule has 4 nitrogen and oxygen atoms in total. The standard InChI is InChI=1S/C15H12FN3O/c16-11-6-2-4-8-13(11)18-15(20)19-14-9-17-12-7-3-1-5-10(12)14/h1-9,17H,(H2,18,19,20). The Hall–Kier alpha value is -2.82. The summed E-state index contributed by atoms with van der Waals surface area (Å²) in [5.41, 5.74) is 1.72. The maximum atomic E-state index is 13.4. The van der Waals surface area contributed by atoms with E-state index < -0.39 is 11.8 Å². The summed E-state index contributed by atoms with van der Waals surface area (Å²) in [5.74, 6) is -0.471. The molecule has 5 heteroatoms. The van der Waals surface area contributed by atoms with Crippen LogP contribution in [0.2, 0.25) is 0 Å². The average Bonchev–Trinajstić information content (AvgIpc) is 2.85. The SMILES string of the molecule is O=C(Nc1ccccc1F)Nc1c[nH]c2ccccc12. The van der Waals surface area contributed by atoms with Gasteiger partial charge in [0.15, 0.2) is 0 Å². The molecule has 0 atom stereocenters. The van der Waals surface area contributed by atoms with Crippen molar-refractivity contribution in [2.75, 3.05) is 10.6 Å². The second-order valence-electron chi connectivity index (χ2n) is 4.31. The third-order valence-corrected chi connectivity index (χ3v) is 2.96. The summed E-state index contributed by atoms with van der Waals surface area (Å²) in [5, 5.41) is 6.07. The van der Waals surface area contributed by atoms with Crippen LogP contribution in [0.1, 0.15) is 0 Å². The van der Waals surface area contributed by atoms with Gasteiger partial charge in [0.2, 0.25) is 0 Å². The van der Waals surface area contributed by atoms with Gasteiger partial charge in [0.05, 0.1) is 11.4 Å². The van der Waals surface area contributed by atoms with Crippen LogP contribution in [-0.4, -0.2) is 11.0 Å². The number of carbonyl (C=O) groups is 1. The van der Waals surface area contributed by atoms with Crippen LogP contribution in [0.4, 0.5) is 20.6 Å². The Kier molecular flexibility index (Phi) is 3.09. The Morgan fingerprint density at radius 3 is 2.50 bits per heavy atom. The lowest BCUT2D eigenvalue weighted by molar-refractivity contribution is 0.262. The Balaban J connectivity index is 1.78. The van der Waals surface area contributed by atoms with E-state index in [4.69, 9.17) is 0 Å². The van der Waals surface area contributed by atoms with Crippen molar-refractivity contribution in [2.24, 2.45) is 0 Å². The van der Waals surface area contributed by atoms with Crippen molar-refractivity contribution in [1.29, 1.82) is 0 Å². The van der Waals surface area contributed by atoms with Crippen molar-refractivity contribution >= 4 is 28.3 Å². The number of urea groups is 1. The highest BCUT2D eigenvalue weighted by atomic mass is 19.1. The van der Waals surface area contributed by atoms with Crippen LogP contribution in [0, 0.1) is 5.82 Å². The van der Waals surface area contributed by atoms with E-state index >= 15 is 0 Å². The molecule has 3 rings (SSSR count). The second-order valence-corrected chi connectivity index (χ2v) is 4.31. The van der Waals surface area contributed by atoms with Gasteiger partial charge < -0.3 is 15.6 Å². The zero-order valence-corrected chi connectivity index (χ0v) is 10.5. The molecule has 3 aromatic rings. The van der Waals surface area contributed by atoms with Crippen molar-refractivity contribution in [1.82, 2.24) is 4.98 Å². The number of amides is 2. The molecule has 0 aliphatic carbocycles. The van der Waals surface area contributed by atoms with Crippen LogP contribution in [0.25, 0.3) is 10.9 Å². The first kappa shape index (κ1) is 12.2. The van der Waals surface area contributed by atoms with Crippen molar-refractivity contribution in [2.45, 2.75) is 0 Å². The second kappa shape index (κ2) is 5.05. The monoisotopic (exact) mass is 269 g/mol. The molecule has 20 heavy (non-hydrogen) atoms. The number of halogens is 1. The predicted molar refractivity (Wildman–Crippen MR) is 77.3 cm³/mol. The average molecular weight is 269 g/mol. The Morgan fingerprint density at radius 1 is 0.950 bits per heavy atom. The molecule has 100 valence electrons. The lowest BCUT2D eigenvalue weighted by atomic mass is 10.2. The molecule has 0 unspecified atom stereocenters. The third kappa shape index (κ3) is 2.33. The van der Waals surface area contributed by atoms with E-state index in [-0.39, 0.29) is 5.69 Å². The highest BCUT2D eigenvalue weighted by Gasteiger charge is 2.09. The molecule has 3 N–H and O–H groups in total. The van der Waals surface area contributed by atoms with Crippen LogP contribution in [0.3, 0.4) is 0 Å². The molecule has 0 saturated heterocycles. The summed E-state index contributed by atoms with van der Waals surface area (Å²) in [6, 6.07) is 13.1. The highest BCUT2D eigenvalue weighted by molar-refractivity contribution is 6.05. The number of hydrogen-bond acceptors (Lipinski definition) is 1. The smallest absolute Gasteiger partial charge is 0.323 e. The summed E-state index contributed by atoms with van der Waals surface area (Å²) < 4.78 is 13.4. The van der Waals surface area contributed by atoms with E-state index in [1.807, 2.05) is 24.3 Å². The van der Waals surface area contributed by atoms with E-state index in [9.17, 15) is 9.18 Å². The fraction of sp³-hybridized carbons (Fsp3) is 0. The lowest BCUT2D eigenvalue weighted by Crippen LogP contribution is -2.19. The number of aromatic nitrogens is 1. The van der Waals surface area contributed by atoms with Crippen molar-refractivity contribution < 1.29 is 9.18 Å². The Bertz CT molecular complexity index is 766. The van der Waals surface area contributed by atoms with Gasteiger partial charge in [-0.1, -0.05) is 30.3 Å². The minimum atomic E-state index is -0.486. The van der Waals surface area contributed by atoms with E-state index in [2.05, 4.69) is 15.6 Å². The molecule has 0 radical (unpaired) electrons. The number of H-pyrrole nitrogens is 1. The molecule has 2 aromatic carbocycles. The van der Waals surface area contributed by atoms with E-state index in [1.165, 1.54) is 12.1 Å². The first-order valence-electron chi connectivity index (χ1n) is 6.13. The number of fused-ring (bicyclic) bond motifs is 1. The number of rotatable bonds is 2. The molecule has 0 fully saturated rings. The predicted octanol–water partition coefficient (Wildman–Crippen LogP) is 3.95. The maximum Gasteiger partial charge on any atom is 0.323 e. The summed E-state index contributed by atoms with van der Waals surface area (Å²) in [7, 11) is 0. The number of hydrogen-bond donors (Lipinski definition) is 3.